The first-order valence-electron chi connectivity index (χ1n) is 4.74. The summed E-state index contributed by atoms with van der Waals surface area (Å²) >= 11 is 0. The van der Waals surface area contributed by atoms with Crippen LogP contribution >= 0.6 is 0 Å². The van der Waals surface area contributed by atoms with Crippen molar-refractivity contribution in [1.82, 2.24) is 5.32 Å². The van der Waals surface area contributed by atoms with Gasteiger partial charge in [-0.1, -0.05) is 18.2 Å². The topological polar surface area (TPSA) is 58.3 Å². The molecule has 1 aromatic carbocycles. The van der Waals surface area contributed by atoms with Gasteiger partial charge < -0.3 is 16.2 Å². The first-order chi connectivity index (χ1) is 6.55. The molecule has 3 nitrogen and oxygen atoms in total. The van der Waals surface area contributed by atoms with Crippen LogP contribution < -0.4 is 11.1 Å². The van der Waals surface area contributed by atoms with Crippen molar-refractivity contribution in [3.63, 3.8) is 0 Å². The summed E-state index contributed by atoms with van der Waals surface area (Å²) in [4.78, 5) is 0. The van der Waals surface area contributed by atoms with Crippen LogP contribution in [0.2, 0.25) is 0 Å². The van der Waals surface area contributed by atoms with E-state index in [2.05, 4.69) is 5.32 Å². The van der Waals surface area contributed by atoms with E-state index >= 15 is 0 Å². The van der Waals surface area contributed by atoms with Crippen LogP contribution in [0.15, 0.2) is 24.3 Å². The lowest BCUT2D eigenvalue weighted by molar-refractivity contribution is 0.187. The molecule has 0 fully saturated rings. The third-order valence-electron chi connectivity index (χ3n) is 2.21. The molecule has 0 aliphatic rings. The lowest BCUT2D eigenvalue weighted by Crippen LogP contribution is -2.42. The molecule has 0 bridgehead atoms. The lowest BCUT2D eigenvalue weighted by Gasteiger charge is -2.23. The van der Waals surface area contributed by atoms with E-state index < -0.39 is 0 Å². The van der Waals surface area contributed by atoms with Gasteiger partial charge in [-0.25, -0.2) is 0 Å². The minimum absolute atomic E-state index is 0.111. The highest BCUT2D eigenvalue weighted by Gasteiger charge is 2.14. The quantitative estimate of drug-likeness (QED) is 0.630. The molecule has 0 saturated heterocycles. The Labute approximate surface area is 84.9 Å². The molecule has 0 spiro atoms. The summed E-state index contributed by atoms with van der Waals surface area (Å²) in [6, 6.07) is 7.73. The molecule has 0 aromatic heterocycles. The van der Waals surface area contributed by atoms with Gasteiger partial charge in [0.1, 0.15) is 0 Å². The second-order valence-electron chi connectivity index (χ2n) is 4.09. The summed E-state index contributed by atoms with van der Waals surface area (Å²) in [6.45, 7) is 4.69. The van der Waals surface area contributed by atoms with Crippen LogP contribution in [-0.2, 0) is 6.54 Å². The first kappa shape index (κ1) is 11.0. The van der Waals surface area contributed by atoms with Crippen LogP contribution in [-0.4, -0.2) is 17.3 Å². The Morgan fingerprint density at radius 2 is 2.00 bits per heavy atom. The van der Waals surface area contributed by atoms with Crippen LogP contribution in [0.25, 0.3) is 0 Å². The molecule has 0 saturated carbocycles. The minimum Gasteiger partial charge on any atom is -0.398 e. The molecule has 0 atom stereocenters. The van der Waals surface area contributed by atoms with E-state index in [-0.39, 0.29) is 12.1 Å². The van der Waals surface area contributed by atoms with Gasteiger partial charge in [0.15, 0.2) is 0 Å². The van der Waals surface area contributed by atoms with Gasteiger partial charge in [-0.05, 0) is 25.5 Å². The maximum Gasteiger partial charge on any atom is 0.0607 e. The highest BCUT2D eigenvalue weighted by molar-refractivity contribution is 5.46. The van der Waals surface area contributed by atoms with Crippen molar-refractivity contribution in [1.29, 1.82) is 0 Å². The number of anilines is 1. The summed E-state index contributed by atoms with van der Waals surface area (Å²) in [5.74, 6) is 0. The van der Waals surface area contributed by atoms with Crippen LogP contribution in [0.4, 0.5) is 5.69 Å². The number of nitrogens with one attached hydrogen (secondary N) is 1. The number of aliphatic hydroxyl groups excluding tert-OH is 1. The highest BCUT2D eigenvalue weighted by Crippen LogP contribution is 2.11. The van der Waals surface area contributed by atoms with Crippen molar-refractivity contribution < 1.29 is 5.11 Å². The number of aliphatic hydroxyl groups is 1. The van der Waals surface area contributed by atoms with Gasteiger partial charge >= 0.3 is 0 Å². The second-order valence-corrected chi connectivity index (χ2v) is 4.09. The third-order valence-corrected chi connectivity index (χ3v) is 2.21. The Morgan fingerprint density at radius 3 is 2.57 bits per heavy atom. The summed E-state index contributed by atoms with van der Waals surface area (Å²) in [5, 5.41) is 12.3. The lowest BCUT2D eigenvalue weighted by atomic mass is 10.1. The summed E-state index contributed by atoms with van der Waals surface area (Å²) in [7, 11) is 0. The fourth-order valence-electron chi connectivity index (χ4n) is 1.09. The molecule has 0 aliphatic carbocycles. The number of hydrogen-bond acceptors (Lipinski definition) is 3. The molecular weight excluding hydrogens is 176 g/mol. The van der Waals surface area contributed by atoms with Gasteiger partial charge in [-0.15, -0.1) is 0 Å². The van der Waals surface area contributed by atoms with Crippen LogP contribution in [0, 0.1) is 0 Å². The van der Waals surface area contributed by atoms with Crippen molar-refractivity contribution in [2.24, 2.45) is 0 Å². The first-order valence-corrected chi connectivity index (χ1v) is 4.74. The van der Waals surface area contributed by atoms with Crippen molar-refractivity contribution in [2.75, 3.05) is 12.3 Å². The zero-order valence-electron chi connectivity index (χ0n) is 8.75. The SMILES string of the molecule is CC(C)(CO)NCc1ccccc1N. The monoisotopic (exact) mass is 194 g/mol. The number of hydrogen-bond donors (Lipinski definition) is 3. The normalized spacial score (nSPS) is 11.6. The zero-order chi connectivity index (χ0) is 10.6. The molecule has 0 amide bonds. The number of rotatable bonds is 4. The minimum atomic E-state index is -0.262. The summed E-state index contributed by atoms with van der Waals surface area (Å²) < 4.78 is 0. The van der Waals surface area contributed by atoms with Crippen LogP contribution in [0.5, 0.6) is 0 Å². The van der Waals surface area contributed by atoms with Crippen molar-refractivity contribution >= 4 is 5.69 Å². The number of nitrogens with two attached hydrogens (primary N) is 1. The molecule has 0 heterocycles. The molecular formula is C11H18N2O. The Hall–Kier alpha value is -1.06. The Morgan fingerprint density at radius 1 is 1.36 bits per heavy atom. The molecule has 1 aromatic rings. The average Bonchev–Trinajstić information content (AvgIpc) is 2.17. The van der Waals surface area contributed by atoms with Gasteiger partial charge in [0.05, 0.1) is 6.61 Å². The van der Waals surface area contributed by atoms with Gasteiger partial charge in [-0.2, -0.15) is 0 Å². The summed E-state index contributed by atoms with van der Waals surface area (Å²) in [6.07, 6.45) is 0. The summed E-state index contributed by atoms with van der Waals surface area (Å²) in [5.41, 5.74) is 7.38. The maximum atomic E-state index is 9.05. The predicted molar refractivity (Wildman–Crippen MR) is 58.9 cm³/mol. The number of benzene rings is 1. The predicted octanol–water partition coefficient (Wildman–Crippen LogP) is 1.13. The molecule has 3 heteroatoms. The van der Waals surface area contributed by atoms with E-state index in [1.165, 1.54) is 0 Å². The van der Waals surface area contributed by atoms with Crippen LogP contribution in [0.3, 0.4) is 0 Å². The standard InChI is InChI=1S/C11H18N2O/c1-11(2,8-14)13-7-9-5-3-4-6-10(9)12/h3-6,13-14H,7-8,12H2,1-2H3. The molecule has 1 rings (SSSR count). The van der Waals surface area contributed by atoms with E-state index in [1.807, 2.05) is 38.1 Å². The molecule has 0 unspecified atom stereocenters. The smallest absolute Gasteiger partial charge is 0.0607 e. The van der Waals surface area contributed by atoms with E-state index in [0.717, 1.165) is 11.3 Å². The number of para-hydroxylation sites is 1. The molecule has 0 aliphatic heterocycles. The largest absolute Gasteiger partial charge is 0.398 e. The molecule has 4 N–H and O–H groups in total. The van der Waals surface area contributed by atoms with E-state index in [4.69, 9.17) is 10.8 Å². The van der Waals surface area contributed by atoms with Gasteiger partial charge in [0.25, 0.3) is 0 Å². The van der Waals surface area contributed by atoms with Gasteiger partial charge in [0, 0.05) is 17.8 Å². The third kappa shape index (κ3) is 3.01. The second kappa shape index (κ2) is 4.44. The van der Waals surface area contributed by atoms with Crippen molar-refractivity contribution in [3.8, 4) is 0 Å². The van der Waals surface area contributed by atoms with E-state index in [9.17, 15) is 0 Å². The number of nitrogen functional groups attached to an aromatic ring is 1. The zero-order valence-corrected chi connectivity index (χ0v) is 8.75. The fraction of sp³-hybridized carbons (Fsp3) is 0.455. The maximum absolute atomic E-state index is 9.05. The van der Waals surface area contributed by atoms with E-state index in [0.29, 0.717) is 6.54 Å². The fourth-order valence-corrected chi connectivity index (χ4v) is 1.09. The van der Waals surface area contributed by atoms with Crippen molar-refractivity contribution in [2.45, 2.75) is 25.9 Å². The molecule has 0 radical (unpaired) electrons. The van der Waals surface area contributed by atoms with E-state index in [1.54, 1.807) is 0 Å². The molecule has 14 heavy (non-hydrogen) atoms. The Bertz CT molecular complexity index is 297. The van der Waals surface area contributed by atoms with Crippen molar-refractivity contribution in [3.05, 3.63) is 29.8 Å². The highest BCUT2D eigenvalue weighted by atomic mass is 16.3. The average molecular weight is 194 g/mol. The van der Waals surface area contributed by atoms with Gasteiger partial charge in [0.2, 0.25) is 0 Å². The van der Waals surface area contributed by atoms with Gasteiger partial charge in [-0.3, -0.25) is 0 Å². The molecule has 78 valence electrons. The van der Waals surface area contributed by atoms with Crippen LogP contribution in [0.1, 0.15) is 19.4 Å². The Balaban J connectivity index is 2.58. The Kier molecular flexibility index (Phi) is 3.49.